The minimum absolute atomic E-state index is 0.900. The van der Waals surface area contributed by atoms with E-state index < -0.39 is 11.0 Å². The van der Waals surface area contributed by atoms with Gasteiger partial charge in [0.2, 0.25) is 0 Å². The molecule has 6 aromatic heterocycles. The van der Waals surface area contributed by atoms with E-state index in [9.17, 15) is 0 Å². The van der Waals surface area contributed by atoms with Gasteiger partial charge in [-0.2, -0.15) is 0 Å². The van der Waals surface area contributed by atoms with Gasteiger partial charge < -0.3 is 0 Å². The molecule has 326 valence electrons. The van der Waals surface area contributed by atoms with Crippen LogP contribution in [-0.2, 0) is 0 Å². The number of hydrogen-bond donors (Lipinski definition) is 0. The van der Waals surface area contributed by atoms with E-state index in [1.807, 2.05) is 37.2 Å². The van der Waals surface area contributed by atoms with E-state index in [1.54, 1.807) is 0 Å². The zero-order valence-electron chi connectivity index (χ0n) is 36.8. The van der Waals surface area contributed by atoms with Crippen LogP contribution in [0, 0.1) is 0 Å². The Kier molecular flexibility index (Phi) is 10.3. The van der Waals surface area contributed by atoms with Crippen LogP contribution in [0.1, 0.15) is 0 Å². The number of benzene rings is 7. The molecule has 2 atom stereocenters. The SMILES string of the molecule is [Se]=P(c1ccccc1)(c1ccncc1)c1ccc(-c2ccc3nc4c5ccc6ccccc6c5c5ccc(-c6cnc7cc(P(=[Se])(c8ccccc8)c8ccncc8)ccc7c6)cc5n4c3c2)nc1. The van der Waals surface area contributed by atoms with E-state index in [-0.39, 0.29) is 0 Å². The van der Waals surface area contributed by atoms with Crippen LogP contribution in [-0.4, -0.2) is 59.5 Å². The van der Waals surface area contributed by atoms with Crippen LogP contribution in [0.4, 0.5) is 0 Å². The molecule has 69 heavy (non-hydrogen) atoms. The Morgan fingerprint density at radius 3 is 1.70 bits per heavy atom. The summed E-state index contributed by atoms with van der Waals surface area (Å²) in [4.78, 5) is 24.4. The van der Waals surface area contributed by atoms with Crippen LogP contribution in [0.2, 0.25) is 0 Å². The molecule has 0 saturated carbocycles. The van der Waals surface area contributed by atoms with Crippen molar-refractivity contribution >= 4 is 133 Å². The van der Waals surface area contributed by atoms with Crippen molar-refractivity contribution in [2.45, 2.75) is 0 Å². The quantitative estimate of drug-likeness (QED) is 0.0862. The van der Waals surface area contributed by atoms with Crippen molar-refractivity contribution in [2.75, 3.05) is 0 Å². The second kappa shape index (κ2) is 16.9. The first-order chi connectivity index (χ1) is 33.9. The molecule has 0 aliphatic carbocycles. The molecule has 13 aromatic rings. The van der Waals surface area contributed by atoms with Crippen molar-refractivity contribution in [2.24, 2.45) is 0 Å². The first-order valence-electron chi connectivity index (χ1n) is 22.6. The van der Waals surface area contributed by atoms with Gasteiger partial charge in [-0.05, 0) is 10.8 Å². The molecule has 0 aliphatic rings. The Morgan fingerprint density at radius 1 is 0.377 bits per heavy atom. The Morgan fingerprint density at radius 2 is 0.986 bits per heavy atom. The second-order valence-corrected chi connectivity index (χ2v) is 29.6. The number of aromatic nitrogens is 6. The number of imidazole rings is 1. The Balaban J connectivity index is 0.960. The summed E-state index contributed by atoms with van der Waals surface area (Å²) in [5.41, 5.74) is 4.80. The zero-order valence-corrected chi connectivity index (χ0v) is 42.0. The van der Waals surface area contributed by atoms with Gasteiger partial charge in [0, 0.05) is 0 Å². The topological polar surface area (TPSA) is 68.9 Å². The van der Waals surface area contributed by atoms with Gasteiger partial charge in [-0.1, -0.05) is 30.3 Å². The van der Waals surface area contributed by atoms with Crippen LogP contribution in [0.15, 0.2) is 231 Å². The van der Waals surface area contributed by atoms with E-state index in [0.29, 0.717) is 0 Å². The Labute approximate surface area is 413 Å². The van der Waals surface area contributed by atoms with Gasteiger partial charge in [0.15, 0.2) is 0 Å². The number of pyridine rings is 5. The Bertz CT molecular complexity index is 4160. The van der Waals surface area contributed by atoms with Gasteiger partial charge in [-0.3, -0.25) is 0 Å². The molecule has 10 heteroatoms. The van der Waals surface area contributed by atoms with Crippen LogP contribution in [0.5, 0.6) is 0 Å². The van der Waals surface area contributed by atoms with E-state index in [2.05, 4.69) is 239 Å². The van der Waals surface area contributed by atoms with Crippen LogP contribution >= 0.6 is 11.0 Å². The molecular weight excluding hydrogens is 1010 g/mol. The third-order valence-corrected chi connectivity index (χ3v) is 27.5. The molecule has 0 amide bonds. The third-order valence-electron chi connectivity index (χ3n) is 13.4. The number of hydrogen-bond acceptors (Lipinski definition) is 5. The fraction of sp³-hybridized carbons (Fsp3) is 0. The van der Waals surface area contributed by atoms with Gasteiger partial charge in [0.05, 0.1) is 0 Å². The molecule has 7 aromatic carbocycles. The monoisotopic (exact) mass is 1050 g/mol. The van der Waals surface area contributed by atoms with E-state index >= 15 is 0 Å². The van der Waals surface area contributed by atoms with Gasteiger partial charge in [0.25, 0.3) is 0 Å². The fourth-order valence-corrected chi connectivity index (χ4v) is 19.6. The Hall–Kier alpha value is -6.97. The molecule has 6 heterocycles. The van der Waals surface area contributed by atoms with Crippen molar-refractivity contribution in [3.05, 3.63) is 231 Å². The van der Waals surface area contributed by atoms with Gasteiger partial charge >= 0.3 is 375 Å². The molecular formula is C59H38N6P2Se2. The van der Waals surface area contributed by atoms with Crippen molar-refractivity contribution in [3.63, 3.8) is 0 Å². The van der Waals surface area contributed by atoms with Crippen molar-refractivity contribution in [1.29, 1.82) is 0 Å². The molecule has 2 unspecified atom stereocenters. The van der Waals surface area contributed by atoms with Gasteiger partial charge in [0.1, 0.15) is 0 Å². The number of rotatable bonds is 8. The van der Waals surface area contributed by atoms with Crippen molar-refractivity contribution < 1.29 is 0 Å². The maximum atomic E-state index is 5.39. The number of nitrogens with zero attached hydrogens (tertiary/aromatic N) is 6. The summed E-state index contributed by atoms with van der Waals surface area (Å²) in [5, 5.41) is 14.3. The third kappa shape index (κ3) is 6.94. The van der Waals surface area contributed by atoms with Crippen LogP contribution in [0.25, 0.3) is 82.4 Å². The second-order valence-electron chi connectivity index (χ2n) is 17.2. The molecule has 0 bridgehead atoms. The van der Waals surface area contributed by atoms with Crippen molar-refractivity contribution in [3.8, 4) is 22.4 Å². The molecule has 0 N–H and O–H groups in total. The predicted octanol–water partition coefficient (Wildman–Crippen LogP) is 10.8. The summed E-state index contributed by atoms with van der Waals surface area (Å²) in [6.07, 6.45) is 11.6. The first kappa shape index (κ1) is 42.2. The first-order valence-corrected chi connectivity index (χ1v) is 30.7. The minimum atomic E-state index is -2.09. The van der Waals surface area contributed by atoms with Crippen molar-refractivity contribution in [1.82, 2.24) is 29.3 Å². The standard InChI is InChI=1S/C59H38N6P2Se2/c68-66(44-10-3-1-4-11-44,46-25-29-60-30-26-46)48-19-15-41-33-43(37-62-55(41)36-48)40-17-21-51-56(34-40)65-57-35-42(18-23-54(57)64-59(65)52-22-16-39-9-7-8-14-50(39)58(51)52)53-24-20-49(38-63-53)67(69,45-12-5-2-6-13-45)47-27-31-61-32-28-47/h1-38H. The molecule has 6 nitrogen and oxygen atoms in total. The molecule has 0 saturated heterocycles. The van der Waals surface area contributed by atoms with E-state index in [1.165, 1.54) is 42.7 Å². The summed E-state index contributed by atoms with van der Waals surface area (Å²) < 4.78 is 2.35. The average Bonchev–Trinajstić information content (AvgIpc) is 3.82. The normalized spacial score (nSPS) is 13.6. The summed E-state index contributed by atoms with van der Waals surface area (Å²) >= 11 is 7.33. The molecule has 0 spiro atoms. The van der Waals surface area contributed by atoms with Crippen LogP contribution in [0.3, 0.4) is 0 Å². The molecule has 13 rings (SSSR count). The fourth-order valence-electron chi connectivity index (χ4n) is 10.00. The predicted molar refractivity (Wildman–Crippen MR) is 294 cm³/mol. The maximum absolute atomic E-state index is 5.39. The van der Waals surface area contributed by atoms with Crippen LogP contribution < -0.4 is 31.8 Å². The summed E-state index contributed by atoms with van der Waals surface area (Å²) in [7, 11) is 0. The molecule has 0 radical (unpaired) electrons. The zero-order chi connectivity index (χ0) is 46.1. The average molecular weight is 1050 g/mol. The number of fused-ring (bicyclic) bond motifs is 11. The van der Waals surface area contributed by atoms with Gasteiger partial charge in [-0.25, -0.2) is 0 Å². The van der Waals surface area contributed by atoms with Gasteiger partial charge in [-0.15, -0.1) is 0 Å². The van der Waals surface area contributed by atoms with E-state index in [0.717, 1.165) is 71.6 Å². The molecule has 0 fully saturated rings. The summed E-state index contributed by atoms with van der Waals surface area (Å²) in [6.45, 7) is 0. The molecule has 0 aliphatic heterocycles. The summed E-state index contributed by atoms with van der Waals surface area (Å²) in [5.74, 6) is 0. The van der Waals surface area contributed by atoms with E-state index in [4.69, 9.17) is 15.0 Å². The summed E-state index contributed by atoms with van der Waals surface area (Å²) in [6, 6.07) is 69.9.